The van der Waals surface area contributed by atoms with E-state index in [4.69, 9.17) is 0 Å². The maximum Gasteiger partial charge on any atom is 0.0948 e. The number of nitrogens with zero attached hydrogens (tertiary/aromatic N) is 2. The van der Waals surface area contributed by atoms with E-state index in [1.807, 2.05) is 12.5 Å². The second kappa shape index (κ2) is 6.57. The summed E-state index contributed by atoms with van der Waals surface area (Å²) in [7, 11) is 2.06. The largest absolute Gasteiger partial charge is 0.334 e. The molecule has 0 aromatic carbocycles. The number of aromatic nitrogens is 2. The van der Waals surface area contributed by atoms with Gasteiger partial charge in [0.1, 0.15) is 0 Å². The van der Waals surface area contributed by atoms with Crippen molar-refractivity contribution in [1.82, 2.24) is 14.9 Å². The molecule has 0 radical (unpaired) electrons. The SMILES string of the molecule is Cn1cncc1/C=C(/CNC(C)(C)C)C1CCCCC1. The Labute approximate surface area is 123 Å². The highest BCUT2D eigenvalue weighted by atomic mass is 15.0. The first-order valence-electron chi connectivity index (χ1n) is 7.87. The molecule has 0 aliphatic heterocycles. The van der Waals surface area contributed by atoms with E-state index < -0.39 is 0 Å². The molecule has 0 bridgehead atoms. The van der Waals surface area contributed by atoms with Gasteiger partial charge in [0.2, 0.25) is 0 Å². The van der Waals surface area contributed by atoms with E-state index in [1.54, 1.807) is 5.57 Å². The predicted octanol–water partition coefficient (Wildman–Crippen LogP) is 3.77. The standard InChI is InChI=1S/C17H29N3/c1-17(2,3)19-11-15(14-8-6-5-7-9-14)10-16-12-18-13-20(16)4/h10,12-14,19H,5-9,11H2,1-4H3/b15-10-. The van der Waals surface area contributed by atoms with Crippen molar-refractivity contribution in [3.05, 3.63) is 23.8 Å². The number of nitrogens with one attached hydrogen (secondary N) is 1. The lowest BCUT2D eigenvalue weighted by atomic mass is 9.83. The molecule has 0 unspecified atom stereocenters. The van der Waals surface area contributed by atoms with Crippen molar-refractivity contribution in [3.63, 3.8) is 0 Å². The molecule has 3 nitrogen and oxygen atoms in total. The van der Waals surface area contributed by atoms with Gasteiger partial charge in [0.15, 0.2) is 0 Å². The van der Waals surface area contributed by atoms with Gasteiger partial charge in [0.25, 0.3) is 0 Å². The van der Waals surface area contributed by atoms with Gasteiger partial charge in [0, 0.05) is 19.1 Å². The van der Waals surface area contributed by atoms with Crippen LogP contribution in [0.25, 0.3) is 6.08 Å². The Morgan fingerprint density at radius 2 is 2.05 bits per heavy atom. The summed E-state index contributed by atoms with van der Waals surface area (Å²) in [5.41, 5.74) is 2.92. The van der Waals surface area contributed by atoms with E-state index in [0.29, 0.717) is 0 Å². The first kappa shape index (κ1) is 15.3. The molecule has 3 heteroatoms. The van der Waals surface area contributed by atoms with Gasteiger partial charge in [-0.1, -0.05) is 24.8 Å². The molecule has 0 atom stereocenters. The van der Waals surface area contributed by atoms with Gasteiger partial charge in [-0.25, -0.2) is 4.98 Å². The maximum atomic E-state index is 4.23. The van der Waals surface area contributed by atoms with Crippen molar-refractivity contribution < 1.29 is 0 Å². The Morgan fingerprint density at radius 1 is 1.35 bits per heavy atom. The molecular weight excluding hydrogens is 246 g/mol. The molecular formula is C17H29N3. The van der Waals surface area contributed by atoms with Gasteiger partial charge >= 0.3 is 0 Å². The van der Waals surface area contributed by atoms with E-state index in [9.17, 15) is 0 Å². The Morgan fingerprint density at radius 3 is 2.60 bits per heavy atom. The van der Waals surface area contributed by atoms with Crippen LogP contribution >= 0.6 is 0 Å². The molecule has 1 heterocycles. The summed E-state index contributed by atoms with van der Waals surface area (Å²) in [6, 6.07) is 0. The van der Waals surface area contributed by atoms with Crippen LogP contribution in [0.2, 0.25) is 0 Å². The highest BCUT2D eigenvalue weighted by Gasteiger charge is 2.19. The highest BCUT2D eigenvalue weighted by molar-refractivity contribution is 5.50. The topological polar surface area (TPSA) is 29.9 Å². The summed E-state index contributed by atoms with van der Waals surface area (Å²) < 4.78 is 2.10. The molecule has 1 aliphatic carbocycles. The fraction of sp³-hybridized carbons (Fsp3) is 0.706. The molecule has 1 aliphatic rings. The second-order valence-electron chi connectivity index (χ2n) is 7.09. The third kappa shape index (κ3) is 4.48. The van der Waals surface area contributed by atoms with Crippen molar-refractivity contribution in [1.29, 1.82) is 0 Å². The van der Waals surface area contributed by atoms with Crippen LogP contribution in [-0.2, 0) is 7.05 Å². The molecule has 112 valence electrons. The van der Waals surface area contributed by atoms with Crippen LogP contribution in [0, 0.1) is 5.92 Å². The van der Waals surface area contributed by atoms with Crippen LogP contribution in [0.3, 0.4) is 0 Å². The zero-order chi connectivity index (χ0) is 14.6. The molecule has 1 aromatic heterocycles. The van der Waals surface area contributed by atoms with Crippen molar-refractivity contribution in [3.8, 4) is 0 Å². The Kier molecular flexibility index (Phi) is 5.03. The minimum absolute atomic E-state index is 0.167. The van der Waals surface area contributed by atoms with E-state index in [1.165, 1.54) is 37.8 Å². The first-order valence-corrected chi connectivity index (χ1v) is 7.87. The highest BCUT2D eigenvalue weighted by Crippen LogP contribution is 2.30. The molecule has 0 spiro atoms. The number of rotatable bonds is 4. The van der Waals surface area contributed by atoms with Gasteiger partial charge in [0.05, 0.1) is 18.2 Å². The number of hydrogen-bond acceptors (Lipinski definition) is 2. The van der Waals surface area contributed by atoms with E-state index >= 15 is 0 Å². The number of imidazole rings is 1. The molecule has 1 aromatic rings. The van der Waals surface area contributed by atoms with E-state index in [2.05, 4.69) is 48.8 Å². The summed E-state index contributed by atoms with van der Waals surface area (Å²) in [5, 5.41) is 3.65. The zero-order valence-corrected chi connectivity index (χ0v) is 13.4. The van der Waals surface area contributed by atoms with Crippen LogP contribution in [0.5, 0.6) is 0 Å². The average molecular weight is 275 g/mol. The first-order chi connectivity index (χ1) is 9.46. The van der Waals surface area contributed by atoms with Crippen LogP contribution < -0.4 is 5.32 Å². The van der Waals surface area contributed by atoms with Gasteiger partial charge in [-0.2, -0.15) is 0 Å². The minimum Gasteiger partial charge on any atom is -0.334 e. The molecule has 1 N–H and O–H groups in total. The van der Waals surface area contributed by atoms with Crippen molar-refractivity contribution in [2.75, 3.05) is 6.54 Å². The summed E-state index contributed by atoms with van der Waals surface area (Å²) in [6.45, 7) is 7.68. The molecule has 0 saturated heterocycles. The smallest absolute Gasteiger partial charge is 0.0948 e. The normalized spacial score (nSPS) is 18.5. The number of hydrogen-bond donors (Lipinski definition) is 1. The zero-order valence-electron chi connectivity index (χ0n) is 13.4. The lowest BCUT2D eigenvalue weighted by molar-refractivity contribution is 0.378. The van der Waals surface area contributed by atoms with Crippen LogP contribution in [-0.4, -0.2) is 21.6 Å². The fourth-order valence-corrected chi connectivity index (χ4v) is 2.85. The minimum atomic E-state index is 0.167. The van der Waals surface area contributed by atoms with Crippen molar-refractivity contribution in [2.24, 2.45) is 13.0 Å². The third-order valence-corrected chi connectivity index (χ3v) is 4.14. The predicted molar refractivity (Wildman–Crippen MR) is 85.5 cm³/mol. The summed E-state index contributed by atoms with van der Waals surface area (Å²) >= 11 is 0. The Hall–Kier alpha value is -1.09. The van der Waals surface area contributed by atoms with Crippen molar-refractivity contribution in [2.45, 2.75) is 58.4 Å². The third-order valence-electron chi connectivity index (χ3n) is 4.14. The quantitative estimate of drug-likeness (QED) is 0.906. The fourth-order valence-electron chi connectivity index (χ4n) is 2.85. The lowest BCUT2D eigenvalue weighted by Crippen LogP contribution is -2.38. The second-order valence-corrected chi connectivity index (χ2v) is 7.09. The van der Waals surface area contributed by atoms with Gasteiger partial charge in [-0.15, -0.1) is 0 Å². The summed E-state index contributed by atoms with van der Waals surface area (Å²) in [6.07, 6.45) is 13.0. The average Bonchev–Trinajstić information content (AvgIpc) is 2.80. The maximum absolute atomic E-state index is 4.23. The Bertz CT molecular complexity index is 445. The lowest BCUT2D eigenvalue weighted by Gasteiger charge is -2.28. The summed E-state index contributed by atoms with van der Waals surface area (Å²) in [4.78, 5) is 4.23. The Balaban J connectivity index is 2.14. The monoisotopic (exact) mass is 275 g/mol. The number of aryl methyl sites for hydroxylation is 1. The molecule has 0 amide bonds. The molecule has 1 saturated carbocycles. The van der Waals surface area contributed by atoms with Crippen LogP contribution in [0.1, 0.15) is 58.6 Å². The van der Waals surface area contributed by atoms with Gasteiger partial charge in [-0.3, -0.25) is 0 Å². The molecule has 1 fully saturated rings. The van der Waals surface area contributed by atoms with Gasteiger partial charge < -0.3 is 9.88 Å². The van der Waals surface area contributed by atoms with E-state index in [0.717, 1.165) is 12.5 Å². The van der Waals surface area contributed by atoms with Crippen LogP contribution in [0.4, 0.5) is 0 Å². The molecule has 20 heavy (non-hydrogen) atoms. The molecule has 2 rings (SSSR count). The van der Waals surface area contributed by atoms with Crippen LogP contribution in [0.15, 0.2) is 18.1 Å². The van der Waals surface area contributed by atoms with E-state index in [-0.39, 0.29) is 5.54 Å². The van der Waals surface area contributed by atoms with Gasteiger partial charge in [-0.05, 0) is 45.6 Å². The van der Waals surface area contributed by atoms with Crippen molar-refractivity contribution >= 4 is 6.08 Å². The summed E-state index contributed by atoms with van der Waals surface area (Å²) in [5.74, 6) is 0.744.